The summed E-state index contributed by atoms with van der Waals surface area (Å²) in [5.74, 6) is -0.174. The van der Waals surface area contributed by atoms with Crippen LogP contribution < -0.4 is 19.7 Å². The molecule has 2 aromatic rings. The number of nitrogens with zero attached hydrogens (tertiary/aromatic N) is 1. The smallest absolute Gasteiger partial charge is 0.265 e. The van der Waals surface area contributed by atoms with Crippen molar-refractivity contribution >= 4 is 49.1 Å². The predicted octanol–water partition coefficient (Wildman–Crippen LogP) is 1.86. The summed E-state index contributed by atoms with van der Waals surface area (Å²) < 4.78 is 31.6. The van der Waals surface area contributed by atoms with Crippen LogP contribution in [0, 0.1) is 0 Å². The van der Waals surface area contributed by atoms with Gasteiger partial charge in [-0.15, -0.1) is 0 Å². The molecule has 0 radical (unpaired) electrons. The largest absolute Gasteiger partial charge is 0.482 e. The quantitative estimate of drug-likeness (QED) is 0.674. The van der Waals surface area contributed by atoms with Gasteiger partial charge in [-0.05, 0) is 29.8 Å². The van der Waals surface area contributed by atoms with Crippen LogP contribution in [0.2, 0.25) is 0 Å². The first-order valence-corrected chi connectivity index (χ1v) is 11.0. The van der Waals surface area contributed by atoms with E-state index in [2.05, 4.69) is 26.0 Å². The van der Waals surface area contributed by atoms with Crippen LogP contribution in [-0.4, -0.2) is 39.6 Å². The molecular formula is C18H18BrN3O5S. The Morgan fingerprint density at radius 3 is 2.75 bits per heavy atom. The third kappa shape index (κ3) is 5.02. The molecule has 8 nitrogen and oxygen atoms in total. The molecule has 0 bridgehead atoms. The van der Waals surface area contributed by atoms with E-state index in [4.69, 9.17) is 4.74 Å². The number of amides is 2. The number of ether oxygens (including phenoxy) is 1. The number of hydrogen-bond donors (Lipinski definition) is 2. The number of fused-ring (bicyclic) bond motifs is 1. The molecule has 0 fully saturated rings. The predicted molar refractivity (Wildman–Crippen MR) is 109 cm³/mol. The zero-order valence-electron chi connectivity index (χ0n) is 14.9. The second kappa shape index (κ2) is 8.19. The van der Waals surface area contributed by atoms with Gasteiger partial charge in [0.15, 0.2) is 6.61 Å². The van der Waals surface area contributed by atoms with Crippen LogP contribution in [-0.2, 0) is 26.2 Å². The zero-order valence-corrected chi connectivity index (χ0v) is 17.3. The van der Waals surface area contributed by atoms with Crippen LogP contribution in [0.15, 0.2) is 46.9 Å². The molecule has 0 aromatic heterocycles. The summed E-state index contributed by atoms with van der Waals surface area (Å²) in [5, 5.41) is 2.72. The second-order valence-corrected chi connectivity index (χ2v) is 8.85. The van der Waals surface area contributed by atoms with E-state index in [-0.39, 0.29) is 31.5 Å². The lowest BCUT2D eigenvalue weighted by Gasteiger charge is -2.29. The highest BCUT2D eigenvalue weighted by molar-refractivity contribution is 9.10. The molecule has 10 heteroatoms. The van der Waals surface area contributed by atoms with E-state index in [9.17, 15) is 18.0 Å². The Morgan fingerprint density at radius 1 is 1.25 bits per heavy atom. The molecule has 1 heterocycles. The molecule has 0 spiro atoms. The summed E-state index contributed by atoms with van der Waals surface area (Å²) in [7, 11) is -3.44. The molecule has 2 aromatic carbocycles. The Kier molecular flexibility index (Phi) is 5.90. The van der Waals surface area contributed by atoms with Crippen molar-refractivity contribution in [3.8, 4) is 5.75 Å². The van der Waals surface area contributed by atoms with Crippen molar-refractivity contribution in [2.45, 2.75) is 6.54 Å². The fourth-order valence-corrected chi connectivity index (χ4v) is 3.66. The molecule has 28 heavy (non-hydrogen) atoms. The summed E-state index contributed by atoms with van der Waals surface area (Å²) in [5.41, 5.74) is 1.52. The van der Waals surface area contributed by atoms with Gasteiger partial charge in [-0.2, -0.15) is 0 Å². The minimum atomic E-state index is -3.44. The maximum absolute atomic E-state index is 12.4. The third-order valence-corrected chi connectivity index (χ3v) is 5.04. The third-order valence-electron chi connectivity index (χ3n) is 3.96. The van der Waals surface area contributed by atoms with Gasteiger partial charge >= 0.3 is 0 Å². The normalized spacial score (nSPS) is 13.5. The van der Waals surface area contributed by atoms with Crippen molar-refractivity contribution in [2.75, 3.05) is 29.0 Å². The van der Waals surface area contributed by atoms with E-state index in [1.54, 1.807) is 42.5 Å². The summed E-state index contributed by atoms with van der Waals surface area (Å²) in [4.78, 5) is 26.0. The minimum absolute atomic E-state index is 0.114. The Balaban J connectivity index is 1.68. The van der Waals surface area contributed by atoms with Crippen LogP contribution in [0.4, 0.5) is 11.4 Å². The minimum Gasteiger partial charge on any atom is -0.482 e. The molecule has 0 saturated heterocycles. The van der Waals surface area contributed by atoms with E-state index in [1.165, 1.54) is 4.90 Å². The highest BCUT2D eigenvalue weighted by atomic mass is 79.9. The maximum atomic E-state index is 12.4. The Morgan fingerprint density at radius 2 is 2.00 bits per heavy atom. The first kappa shape index (κ1) is 20.2. The fourth-order valence-electron chi connectivity index (χ4n) is 2.72. The topological polar surface area (TPSA) is 105 Å². The lowest BCUT2D eigenvalue weighted by molar-refractivity contribution is -0.125. The number of anilines is 2. The van der Waals surface area contributed by atoms with Gasteiger partial charge in [0.05, 0.1) is 17.6 Å². The monoisotopic (exact) mass is 467 g/mol. The fraction of sp³-hybridized carbons (Fsp3) is 0.222. The van der Waals surface area contributed by atoms with Gasteiger partial charge in [0.2, 0.25) is 15.9 Å². The van der Waals surface area contributed by atoms with Crippen LogP contribution in [0.25, 0.3) is 0 Å². The van der Waals surface area contributed by atoms with Gasteiger partial charge < -0.3 is 10.1 Å². The maximum Gasteiger partial charge on any atom is 0.265 e. The molecular weight excluding hydrogens is 450 g/mol. The van der Waals surface area contributed by atoms with Crippen LogP contribution in [0.5, 0.6) is 5.75 Å². The molecule has 1 aliphatic rings. The Hall–Kier alpha value is -2.59. The van der Waals surface area contributed by atoms with E-state index in [1.807, 2.05) is 0 Å². The summed E-state index contributed by atoms with van der Waals surface area (Å²) >= 11 is 3.34. The summed E-state index contributed by atoms with van der Waals surface area (Å²) in [6.45, 7) is -0.195. The van der Waals surface area contributed by atoms with Gasteiger partial charge in [0.25, 0.3) is 5.91 Å². The molecule has 0 saturated carbocycles. The number of hydrogen-bond acceptors (Lipinski definition) is 5. The number of carbonyl (C=O) groups excluding carboxylic acids is 2. The summed E-state index contributed by atoms with van der Waals surface area (Å²) in [6, 6.07) is 12.0. The highest BCUT2D eigenvalue weighted by Crippen LogP contribution is 2.34. The van der Waals surface area contributed by atoms with Crippen molar-refractivity contribution in [2.24, 2.45) is 0 Å². The molecule has 148 valence electrons. The van der Waals surface area contributed by atoms with E-state index < -0.39 is 10.0 Å². The lowest BCUT2D eigenvalue weighted by Crippen LogP contribution is -2.45. The Labute approximate surface area is 171 Å². The van der Waals surface area contributed by atoms with E-state index >= 15 is 0 Å². The van der Waals surface area contributed by atoms with Crippen molar-refractivity contribution in [1.82, 2.24) is 5.32 Å². The molecule has 0 atom stereocenters. The molecule has 1 aliphatic heterocycles. The average Bonchev–Trinajstić information content (AvgIpc) is 2.62. The Bertz CT molecular complexity index is 1030. The molecule has 2 amide bonds. The standard InChI is InChI=1S/C18H18BrN3O5S/c1-28(25,26)21-14-5-3-2-4-12(14)9-20-17(23)10-22-15-7-6-13(19)8-16(15)27-11-18(22)24/h2-8,21H,9-11H2,1H3,(H,20,23). The second-order valence-electron chi connectivity index (χ2n) is 6.19. The number of benzene rings is 2. The van der Waals surface area contributed by atoms with Crippen molar-refractivity contribution < 1.29 is 22.7 Å². The van der Waals surface area contributed by atoms with E-state index in [0.29, 0.717) is 22.7 Å². The number of para-hydroxylation sites is 1. The zero-order chi connectivity index (χ0) is 20.3. The summed E-state index contributed by atoms with van der Waals surface area (Å²) in [6.07, 6.45) is 1.06. The first-order chi connectivity index (χ1) is 13.2. The lowest BCUT2D eigenvalue weighted by atomic mass is 10.2. The molecule has 2 N–H and O–H groups in total. The highest BCUT2D eigenvalue weighted by Gasteiger charge is 2.27. The number of carbonyl (C=O) groups is 2. The van der Waals surface area contributed by atoms with Gasteiger partial charge in [-0.1, -0.05) is 34.1 Å². The average molecular weight is 468 g/mol. The number of halogens is 1. The van der Waals surface area contributed by atoms with Crippen LogP contribution in [0.1, 0.15) is 5.56 Å². The number of rotatable bonds is 6. The van der Waals surface area contributed by atoms with Crippen molar-refractivity contribution in [3.63, 3.8) is 0 Å². The molecule has 0 aliphatic carbocycles. The first-order valence-electron chi connectivity index (χ1n) is 8.28. The molecule has 3 rings (SSSR count). The van der Waals surface area contributed by atoms with Gasteiger partial charge in [-0.3, -0.25) is 19.2 Å². The van der Waals surface area contributed by atoms with E-state index in [0.717, 1.165) is 10.7 Å². The van der Waals surface area contributed by atoms with Gasteiger partial charge in [0, 0.05) is 11.0 Å². The SMILES string of the molecule is CS(=O)(=O)Nc1ccccc1CNC(=O)CN1C(=O)COc2cc(Br)ccc21. The van der Waals surface area contributed by atoms with Crippen LogP contribution in [0.3, 0.4) is 0 Å². The number of sulfonamides is 1. The van der Waals surface area contributed by atoms with Crippen molar-refractivity contribution in [3.05, 3.63) is 52.5 Å². The van der Waals surface area contributed by atoms with Gasteiger partial charge in [0.1, 0.15) is 12.3 Å². The molecule has 0 unspecified atom stereocenters. The number of nitrogens with one attached hydrogen (secondary N) is 2. The van der Waals surface area contributed by atoms with Gasteiger partial charge in [-0.25, -0.2) is 8.42 Å². The van der Waals surface area contributed by atoms with Crippen LogP contribution >= 0.6 is 15.9 Å². The van der Waals surface area contributed by atoms with Crippen molar-refractivity contribution in [1.29, 1.82) is 0 Å².